The summed E-state index contributed by atoms with van der Waals surface area (Å²) in [5.41, 5.74) is 2.87. The average Bonchev–Trinajstić information content (AvgIpc) is 3.25. The molecule has 4 rings (SSSR count). The van der Waals surface area contributed by atoms with Crippen molar-refractivity contribution in [2.45, 2.75) is 44.3 Å². The van der Waals surface area contributed by atoms with Crippen molar-refractivity contribution in [3.8, 4) is 0 Å². The van der Waals surface area contributed by atoms with Crippen LogP contribution in [0.4, 0.5) is 15.8 Å². The van der Waals surface area contributed by atoms with Gasteiger partial charge >= 0.3 is 0 Å². The van der Waals surface area contributed by atoms with Crippen LogP contribution in [0, 0.1) is 5.82 Å². The van der Waals surface area contributed by atoms with Crippen LogP contribution in [0.3, 0.4) is 0 Å². The Hall–Kier alpha value is -2.12. The van der Waals surface area contributed by atoms with Gasteiger partial charge in [-0.3, -0.25) is 0 Å². The van der Waals surface area contributed by atoms with Gasteiger partial charge in [0.1, 0.15) is 12.0 Å². The third kappa shape index (κ3) is 3.16. The van der Waals surface area contributed by atoms with Crippen LogP contribution in [0.1, 0.15) is 32.3 Å². The molecule has 0 amide bonds. The zero-order valence-corrected chi connectivity index (χ0v) is 17.1. The number of nitrogens with zero attached hydrogens (tertiary/aromatic N) is 3. The lowest BCUT2D eigenvalue weighted by atomic mass is 10.1. The van der Waals surface area contributed by atoms with Crippen molar-refractivity contribution in [3.05, 3.63) is 53.8 Å². The second-order valence-electron chi connectivity index (χ2n) is 7.31. The maximum atomic E-state index is 13.7. The van der Waals surface area contributed by atoms with E-state index in [-0.39, 0.29) is 12.0 Å². The minimum atomic E-state index is -3.52. The van der Waals surface area contributed by atoms with Gasteiger partial charge < -0.3 is 9.80 Å². The number of halogens is 1. The van der Waals surface area contributed by atoms with Gasteiger partial charge in [-0.05, 0) is 48.7 Å². The lowest BCUT2D eigenvalue weighted by molar-refractivity contribution is 0.445. The standard InChI is InChI=1S/C21H26FN3O2S/c1-3-23(4-2)28(26,27)18-10-11-19-20(14-18)25(21-9-6-12-24(19)21)15-16-7-5-8-17(22)13-16/h5,7-8,10-11,13-14,21H,3-4,6,9,12,15H2,1-2H3/t21-/m0/s1. The van der Waals surface area contributed by atoms with Crippen LogP contribution < -0.4 is 9.80 Å². The van der Waals surface area contributed by atoms with E-state index in [1.54, 1.807) is 24.3 Å². The summed E-state index contributed by atoms with van der Waals surface area (Å²) in [4.78, 5) is 4.88. The predicted molar refractivity (Wildman–Crippen MR) is 109 cm³/mol. The summed E-state index contributed by atoms with van der Waals surface area (Å²) in [6.45, 7) is 6.09. The topological polar surface area (TPSA) is 43.9 Å². The molecule has 0 radical (unpaired) electrons. The van der Waals surface area contributed by atoms with Gasteiger partial charge in [-0.2, -0.15) is 4.31 Å². The van der Waals surface area contributed by atoms with E-state index < -0.39 is 10.0 Å². The summed E-state index contributed by atoms with van der Waals surface area (Å²) in [5, 5.41) is 0. The van der Waals surface area contributed by atoms with E-state index in [9.17, 15) is 12.8 Å². The van der Waals surface area contributed by atoms with Crippen LogP contribution in [-0.2, 0) is 16.6 Å². The molecule has 150 valence electrons. The van der Waals surface area contributed by atoms with Gasteiger partial charge in [0.25, 0.3) is 0 Å². The van der Waals surface area contributed by atoms with Crippen molar-refractivity contribution < 1.29 is 12.8 Å². The molecule has 0 N–H and O–H groups in total. The van der Waals surface area contributed by atoms with E-state index in [1.807, 2.05) is 26.0 Å². The van der Waals surface area contributed by atoms with Crippen LogP contribution in [0.5, 0.6) is 0 Å². The molecule has 0 spiro atoms. The number of anilines is 2. The Balaban J connectivity index is 1.74. The first-order valence-electron chi connectivity index (χ1n) is 9.87. The first-order chi connectivity index (χ1) is 13.5. The molecule has 0 aliphatic carbocycles. The van der Waals surface area contributed by atoms with Crippen LogP contribution >= 0.6 is 0 Å². The fraction of sp³-hybridized carbons (Fsp3) is 0.429. The number of hydrogen-bond acceptors (Lipinski definition) is 4. The molecule has 0 aromatic heterocycles. The molecular formula is C21H26FN3O2S. The second-order valence-corrected chi connectivity index (χ2v) is 9.25. The molecular weight excluding hydrogens is 377 g/mol. The molecule has 1 atom stereocenters. The van der Waals surface area contributed by atoms with Crippen LogP contribution in [0.15, 0.2) is 47.4 Å². The molecule has 7 heteroatoms. The summed E-state index contributed by atoms with van der Waals surface area (Å²) in [6, 6.07) is 12.1. The van der Waals surface area contributed by atoms with Gasteiger partial charge in [0.2, 0.25) is 10.0 Å². The lowest BCUT2D eigenvalue weighted by Gasteiger charge is -2.27. The summed E-state index contributed by atoms with van der Waals surface area (Å²) in [5.74, 6) is -0.252. The highest BCUT2D eigenvalue weighted by Gasteiger charge is 2.39. The van der Waals surface area contributed by atoms with E-state index in [0.717, 1.165) is 36.3 Å². The number of hydrogen-bond donors (Lipinski definition) is 0. The lowest BCUT2D eigenvalue weighted by Crippen LogP contribution is -2.38. The minimum absolute atomic E-state index is 0.199. The molecule has 2 aliphatic heterocycles. The summed E-state index contributed by atoms with van der Waals surface area (Å²) in [7, 11) is -3.52. The molecule has 0 saturated carbocycles. The van der Waals surface area contributed by atoms with Gasteiger partial charge in [0.15, 0.2) is 0 Å². The highest BCUT2D eigenvalue weighted by Crippen LogP contribution is 2.45. The van der Waals surface area contributed by atoms with Crippen molar-refractivity contribution in [3.63, 3.8) is 0 Å². The van der Waals surface area contributed by atoms with E-state index >= 15 is 0 Å². The van der Waals surface area contributed by atoms with Gasteiger partial charge in [-0.25, -0.2) is 12.8 Å². The van der Waals surface area contributed by atoms with E-state index in [2.05, 4.69) is 9.80 Å². The highest BCUT2D eigenvalue weighted by atomic mass is 32.2. The van der Waals surface area contributed by atoms with Crippen LogP contribution in [0.25, 0.3) is 0 Å². The highest BCUT2D eigenvalue weighted by molar-refractivity contribution is 7.89. The Labute approximate surface area is 166 Å². The van der Waals surface area contributed by atoms with Crippen molar-refractivity contribution in [1.82, 2.24) is 4.31 Å². The van der Waals surface area contributed by atoms with Crippen molar-refractivity contribution >= 4 is 21.4 Å². The molecule has 0 bridgehead atoms. The fourth-order valence-electron chi connectivity index (χ4n) is 4.39. The normalized spacial score (nSPS) is 18.6. The predicted octanol–water partition coefficient (Wildman–Crippen LogP) is 3.80. The number of benzene rings is 2. The Bertz CT molecular complexity index is 975. The molecule has 2 heterocycles. The summed E-state index contributed by atoms with van der Waals surface area (Å²) >= 11 is 0. The first kappa shape index (κ1) is 19.2. The molecule has 0 unspecified atom stereocenters. The third-order valence-corrected chi connectivity index (χ3v) is 7.78. The quantitative estimate of drug-likeness (QED) is 0.736. The van der Waals surface area contributed by atoms with Gasteiger partial charge in [-0.1, -0.05) is 26.0 Å². The van der Waals surface area contributed by atoms with E-state index in [4.69, 9.17) is 0 Å². The van der Waals surface area contributed by atoms with Crippen LogP contribution in [0.2, 0.25) is 0 Å². The Morgan fingerprint density at radius 3 is 2.61 bits per heavy atom. The Morgan fingerprint density at radius 1 is 1.11 bits per heavy atom. The average molecular weight is 404 g/mol. The fourth-order valence-corrected chi connectivity index (χ4v) is 5.87. The Morgan fingerprint density at radius 2 is 1.89 bits per heavy atom. The third-order valence-electron chi connectivity index (χ3n) is 5.73. The van der Waals surface area contributed by atoms with E-state index in [1.165, 1.54) is 10.4 Å². The number of sulfonamides is 1. The summed E-state index contributed by atoms with van der Waals surface area (Å²) < 4.78 is 41.1. The molecule has 2 aromatic carbocycles. The van der Waals surface area contributed by atoms with Crippen LogP contribution in [-0.4, -0.2) is 38.5 Å². The smallest absolute Gasteiger partial charge is 0.243 e. The van der Waals surface area contributed by atoms with Gasteiger partial charge in [0.05, 0.1) is 16.3 Å². The SMILES string of the molecule is CCN(CC)S(=O)(=O)c1ccc2c(c1)N(Cc1cccc(F)c1)[C@H]1CCCN21. The zero-order valence-electron chi connectivity index (χ0n) is 16.3. The second kappa shape index (κ2) is 7.37. The monoisotopic (exact) mass is 403 g/mol. The molecule has 2 aromatic rings. The first-order valence-corrected chi connectivity index (χ1v) is 11.3. The minimum Gasteiger partial charge on any atom is -0.349 e. The molecule has 28 heavy (non-hydrogen) atoms. The molecule has 5 nitrogen and oxygen atoms in total. The summed E-state index contributed by atoms with van der Waals surface area (Å²) in [6.07, 6.45) is 2.32. The maximum Gasteiger partial charge on any atom is 0.243 e. The van der Waals surface area contributed by atoms with Crippen molar-refractivity contribution in [1.29, 1.82) is 0 Å². The van der Waals surface area contributed by atoms with Crippen molar-refractivity contribution in [2.24, 2.45) is 0 Å². The van der Waals surface area contributed by atoms with E-state index in [0.29, 0.717) is 24.5 Å². The molecule has 1 fully saturated rings. The number of rotatable bonds is 6. The van der Waals surface area contributed by atoms with Crippen molar-refractivity contribution in [2.75, 3.05) is 29.4 Å². The van der Waals surface area contributed by atoms with Gasteiger partial charge in [0, 0.05) is 26.2 Å². The Kier molecular flexibility index (Phi) is 5.05. The zero-order chi connectivity index (χ0) is 19.9. The largest absolute Gasteiger partial charge is 0.349 e. The number of fused-ring (bicyclic) bond motifs is 3. The maximum absolute atomic E-state index is 13.7. The molecule has 2 aliphatic rings. The molecule has 1 saturated heterocycles. The van der Waals surface area contributed by atoms with Gasteiger partial charge in [-0.15, -0.1) is 0 Å².